The Morgan fingerprint density at radius 2 is 2.11 bits per heavy atom. The molecule has 0 spiro atoms. The lowest BCUT2D eigenvalue weighted by molar-refractivity contribution is 0.254. The fourth-order valence-corrected chi connectivity index (χ4v) is 3.80. The minimum absolute atomic E-state index is 0.0622. The van der Waals surface area contributed by atoms with E-state index in [0.717, 1.165) is 47.6 Å². The number of nitrogens with one attached hydrogen (secondary N) is 1. The molecule has 0 saturated carbocycles. The number of hydrogen-bond donors (Lipinski definition) is 1. The van der Waals surface area contributed by atoms with Gasteiger partial charge in [-0.05, 0) is 29.8 Å². The van der Waals surface area contributed by atoms with E-state index in [2.05, 4.69) is 27.0 Å². The van der Waals surface area contributed by atoms with Gasteiger partial charge in [0.25, 0.3) is 5.56 Å². The maximum absolute atomic E-state index is 12.7. The standard InChI is InChI=1S/C22H20N4O2/c27-22-18-13-26(12-15-10-16-4-1-2-6-20(16)28-14-15)9-7-19(18)24-21(25-22)17-5-3-8-23-11-17/h1-6,8,10-11H,7,9,12-14H2,(H,24,25,27). The van der Waals surface area contributed by atoms with Crippen LogP contribution in [0.25, 0.3) is 17.5 Å². The van der Waals surface area contributed by atoms with Crippen LogP contribution < -0.4 is 10.3 Å². The van der Waals surface area contributed by atoms with Crippen LogP contribution in [0.2, 0.25) is 0 Å². The number of H-pyrrole nitrogens is 1. The number of nitrogens with zero attached hydrogens (tertiary/aromatic N) is 3. The second-order valence-electron chi connectivity index (χ2n) is 7.17. The van der Waals surface area contributed by atoms with E-state index in [-0.39, 0.29) is 5.56 Å². The maximum atomic E-state index is 12.7. The quantitative estimate of drug-likeness (QED) is 0.765. The van der Waals surface area contributed by atoms with Crippen LogP contribution in [0.1, 0.15) is 16.8 Å². The lowest BCUT2D eigenvalue weighted by atomic mass is 10.0. The molecule has 0 saturated heterocycles. The minimum Gasteiger partial charge on any atom is -0.489 e. The molecule has 0 fully saturated rings. The van der Waals surface area contributed by atoms with Crippen LogP contribution in [0.3, 0.4) is 0 Å². The van der Waals surface area contributed by atoms with Crippen molar-refractivity contribution in [2.45, 2.75) is 13.0 Å². The predicted molar refractivity (Wildman–Crippen MR) is 107 cm³/mol. The van der Waals surface area contributed by atoms with Crippen LogP contribution >= 0.6 is 0 Å². The molecule has 1 aromatic carbocycles. The Labute approximate surface area is 162 Å². The number of rotatable bonds is 3. The Morgan fingerprint density at radius 3 is 3.00 bits per heavy atom. The average Bonchev–Trinajstić information content (AvgIpc) is 2.74. The Balaban J connectivity index is 1.36. The number of aromatic amines is 1. The normalized spacial score (nSPS) is 15.9. The van der Waals surface area contributed by atoms with Crippen LogP contribution in [0, 0.1) is 0 Å². The van der Waals surface area contributed by atoms with Crippen LogP contribution in [0.15, 0.2) is 59.2 Å². The molecule has 6 nitrogen and oxygen atoms in total. The third-order valence-corrected chi connectivity index (χ3v) is 5.20. The molecule has 3 aromatic rings. The lowest BCUT2D eigenvalue weighted by Crippen LogP contribution is -2.37. The lowest BCUT2D eigenvalue weighted by Gasteiger charge is -2.29. The minimum atomic E-state index is -0.0622. The highest BCUT2D eigenvalue weighted by atomic mass is 16.5. The van der Waals surface area contributed by atoms with E-state index >= 15 is 0 Å². The molecular weight excluding hydrogens is 352 g/mol. The molecule has 2 aliphatic heterocycles. The third-order valence-electron chi connectivity index (χ3n) is 5.20. The Kier molecular flexibility index (Phi) is 4.25. The van der Waals surface area contributed by atoms with Gasteiger partial charge < -0.3 is 9.72 Å². The average molecular weight is 372 g/mol. The Morgan fingerprint density at radius 1 is 1.18 bits per heavy atom. The molecule has 5 rings (SSSR count). The first-order chi connectivity index (χ1) is 13.8. The van der Waals surface area contributed by atoms with Gasteiger partial charge in [0.15, 0.2) is 0 Å². The summed E-state index contributed by atoms with van der Waals surface area (Å²) in [5.41, 5.74) is 4.75. The molecule has 2 aromatic heterocycles. The second kappa shape index (κ2) is 7.05. The van der Waals surface area contributed by atoms with Crippen molar-refractivity contribution in [3.63, 3.8) is 0 Å². The van der Waals surface area contributed by atoms with E-state index in [1.54, 1.807) is 12.4 Å². The zero-order valence-electron chi connectivity index (χ0n) is 15.4. The number of ether oxygens (including phenoxy) is 1. The first kappa shape index (κ1) is 16.9. The first-order valence-electron chi connectivity index (χ1n) is 9.42. The number of hydrogen-bond acceptors (Lipinski definition) is 5. The van der Waals surface area contributed by atoms with E-state index in [9.17, 15) is 4.79 Å². The monoisotopic (exact) mass is 372 g/mol. The van der Waals surface area contributed by atoms with Crippen molar-refractivity contribution >= 4 is 6.08 Å². The molecule has 0 amide bonds. The molecular formula is C22H20N4O2. The summed E-state index contributed by atoms with van der Waals surface area (Å²) < 4.78 is 5.85. The van der Waals surface area contributed by atoms with Gasteiger partial charge in [0.05, 0.1) is 11.3 Å². The summed E-state index contributed by atoms with van der Waals surface area (Å²) in [7, 11) is 0. The van der Waals surface area contributed by atoms with Gasteiger partial charge in [0, 0.05) is 49.6 Å². The van der Waals surface area contributed by atoms with Crippen molar-refractivity contribution in [1.29, 1.82) is 0 Å². The van der Waals surface area contributed by atoms with Crippen LogP contribution in [0.5, 0.6) is 5.75 Å². The van der Waals surface area contributed by atoms with E-state index in [4.69, 9.17) is 9.72 Å². The van der Waals surface area contributed by atoms with Crippen LogP contribution in [0.4, 0.5) is 0 Å². The summed E-state index contributed by atoms with van der Waals surface area (Å²) in [5, 5.41) is 0. The highest BCUT2D eigenvalue weighted by Crippen LogP contribution is 2.27. The molecule has 0 aliphatic carbocycles. The van der Waals surface area contributed by atoms with Crippen molar-refractivity contribution in [1.82, 2.24) is 19.9 Å². The van der Waals surface area contributed by atoms with Gasteiger partial charge in [-0.1, -0.05) is 18.2 Å². The van der Waals surface area contributed by atoms with E-state index in [1.807, 2.05) is 30.3 Å². The molecule has 1 N–H and O–H groups in total. The number of para-hydroxylation sites is 1. The maximum Gasteiger partial charge on any atom is 0.255 e. The van der Waals surface area contributed by atoms with Crippen molar-refractivity contribution in [3.05, 3.63) is 81.5 Å². The fourth-order valence-electron chi connectivity index (χ4n) is 3.80. The summed E-state index contributed by atoms with van der Waals surface area (Å²) in [5.74, 6) is 1.52. The molecule has 0 radical (unpaired) electrons. The van der Waals surface area contributed by atoms with Gasteiger partial charge in [0.2, 0.25) is 0 Å². The molecule has 4 heterocycles. The predicted octanol–water partition coefficient (Wildman–Crippen LogP) is 2.67. The molecule has 28 heavy (non-hydrogen) atoms. The molecule has 2 aliphatic rings. The number of aromatic nitrogens is 3. The smallest absolute Gasteiger partial charge is 0.255 e. The van der Waals surface area contributed by atoms with Gasteiger partial charge in [-0.25, -0.2) is 4.98 Å². The van der Waals surface area contributed by atoms with Gasteiger partial charge in [0.1, 0.15) is 18.2 Å². The third kappa shape index (κ3) is 3.23. The largest absolute Gasteiger partial charge is 0.489 e. The van der Waals surface area contributed by atoms with Gasteiger partial charge in [-0.3, -0.25) is 14.7 Å². The number of fused-ring (bicyclic) bond motifs is 2. The highest BCUT2D eigenvalue weighted by Gasteiger charge is 2.23. The summed E-state index contributed by atoms with van der Waals surface area (Å²) in [6.45, 7) is 2.85. The summed E-state index contributed by atoms with van der Waals surface area (Å²) >= 11 is 0. The second-order valence-corrected chi connectivity index (χ2v) is 7.17. The molecule has 0 atom stereocenters. The van der Waals surface area contributed by atoms with Crippen molar-refractivity contribution < 1.29 is 4.74 Å². The Hall–Kier alpha value is -3.25. The molecule has 140 valence electrons. The highest BCUT2D eigenvalue weighted by molar-refractivity contribution is 5.62. The van der Waals surface area contributed by atoms with Crippen LogP contribution in [-0.2, 0) is 13.0 Å². The molecule has 6 heteroatoms. The van der Waals surface area contributed by atoms with E-state index in [0.29, 0.717) is 19.0 Å². The SMILES string of the molecule is O=c1[nH]c(-c2cccnc2)nc2c1CN(CC1=Cc3ccccc3OC1)CC2. The molecule has 0 unspecified atom stereocenters. The number of pyridine rings is 1. The van der Waals surface area contributed by atoms with E-state index in [1.165, 1.54) is 5.57 Å². The molecule has 0 bridgehead atoms. The van der Waals surface area contributed by atoms with Gasteiger partial charge in [-0.2, -0.15) is 0 Å². The van der Waals surface area contributed by atoms with Crippen molar-refractivity contribution in [2.75, 3.05) is 19.7 Å². The van der Waals surface area contributed by atoms with Gasteiger partial charge in [-0.15, -0.1) is 0 Å². The number of benzene rings is 1. The Bertz CT molecular complexity index is 1110. The first-order valence-corrected chi connectivity index (χ1v) is 9.42. The van der Waals surface area contributed by atoms with E-state index < -0.39 is 0 Å². The topological polar surface area (TPSA) is 71.1 Å². The van der Waals surface area contributed by atoms with Gasteiger partial charge >= 0.3 is 0 Å². The van der Waals surface area contributed by atoms with Crippen molar-refractivity contribution in [2.24, 2.45) is 0 Å². The van der Waals surface area contributed by atoms with Crippen LogP contribution in [-0.4, -0.2) is 39.5 Å². The summed E-state index contributed by atoms with van der Waals surface area (Å²) in [6.07, 6.45) is 6.38. The summed E-state index contributed by atoms with van der Waals surface area (Å²) in [6, 6.07) is 11.8. The zero-order valence-corrected chi connectivity index (χ0v) is 15.4. The fraction of sp³-hybridized carbons (Fsp3) is 0.227. The zero-order chi connectivity index (χ0) is 18.9. The van der Waals surface area contributed by atoms with Crippen molar-refractivity contribution in [3.8, 4) is 17.1 Å². The summed E-state index contributed by atoms with van der Waals surface area (Å²) in [4.78, 5) is 26.7.